The largest absolute Gasteiger partial charge is 0.332 e. The van der Waals surface area contributed by atoms with Gasteiger partial charge in [-0.25, -0.2) is 8.42 Å². The average Bonchev–Trinajstić information content (AvgIpc) is 3.02. The molecule has 2 aliphatic heterocycles. The molecule has 0 radical (unpaired) electrons. The summed E-state index contributed by atoms with van der Waals surface area (Å²) in [4.78, 5) is 20.9. The van der Waals surface area contributed by atoms with Gasteiger partial charge >= 0.3 is 0 Å². The van der Waals surface area contributed by atoms with E-state index in [1.54, 1.807) is 29.4 Å². The third-order valence-electron chi connectivity index (χ3n) is 5.51. The molecule has 0 aliphatic carbocycles. The Bertz CT molecular complexity index is 913. The molecule has 0 unspecified atom stereocenters. The van der Waals surface area contributed by atoms with Gasteiger partial charge < -0.3 is 4.90 Å². The van der Waals surface area contributed by atoms with Gasteiger partial charge in [0, 0.05) is 43.6 Å². The van der Waals surface area contributed by atoms with E-state index in [4.69, 9.17) is 0 Å². The van der Waals surface area contributed by atoms with Crippen LogP contribution in [0.1, 0.15) is 15.9 Å². The summed E-state index contributed by atoms with van der Waals surface area (Å²) in [5.41, 5.74) is 1.80. The summed E-state index contributed by atoms with van der Waals surface area (Å²) in [5.74, 6) is 0.0790. The van der Waals surface area contributed by atoms with Crippen LogP contribution < -0.4 is 0 Å². The van der Waals surface area contributed by atoms with Crippen molar-refractivity contribution in [3.63, 3.8) is 0 Å². The first kappa shape index (κ1) is 23.6. The number of sulfone groups is 1. The van der Waals surface area contributed by atoms with Crippen LogP contribution in [0.25, 0.3) is 0 Å². The van der Waals surface area contributed by atoms with E-state index in [1.165, 1.54) is 5.56 Å². The second-order valence-corrected chi connectivity index (χ2v) is 9.37. The number of carbonyl (C=O) groups excluding carboxylic acids is 1. The molecule has 0 saturated carbocycles. The minimum atomic E-state index is -3.14. The summed E-state index contributed by atoms with van der Waals surface area (Å²) in [7, 11) is -3.14. The molecular weight excluding hydrogens is 433 g/mol. The first-order valence-corrected chi connectivity index (χ1v) is 11.0. The summed E-state index contributed by atoms with van der Waals surface area (Å²) in [6, 6.07) is 13.2. The minimum absolute atomic E-state index is 0. The number of halogens is 2. The highest BCUT2D eigenvalue weighted by Gasteiger charge is 2.47. The monoisotopic (exact) mass is 457 g/mol. The fourth-order valence-electron chi connectivity index (χ4n) is 4.13. The first-order valence-electron chi connectivity index (χ1n) is 9.23. The van der Waals surface area contributed by atoms with E-state index in [2.05, 4.69) is 22.0 Å². The molecule has 158 valence electrons. The topological polar surface area (TPSA) is 70.6 Å². The van der Waals surface area contributed by atoms with Crippen LogP contribution in [0.3, 0.4) is 0 Å². The second-order valence-electron chi connectivity index (χ2n) is 7.22. The molecule has 3 heterocycles. The predicted octanol–water partition coefficient (Wildman–Crippen LogP) is 2.09. The fourth-order valence-corrected chi connectivity index (χ4v) is 6.14. The molecule has 2 saturated heterocycles. The number of hydrogen-bond donors (Lipinski definition) is 0. The van der Waals surface area contributed by atoms with Crippen molar-refractivity contribution in [1.82, 2.24) is 14.8 Å². The number of nitrogens with zero attached hydrogens (tertiary/aromatic N) is 3. The lowest BCUT2D eigenvalue weighted by atomic mass is 10.0. The van der Waals surface area contributed by atoms with Gasteiger partial charge in [-0.2, -0.15) is 0 Å². The van der Waals surface area contributed by atoms with Crippen molar-refractivity contribution in [2.75, 3.05) is 31.1 Å². The summed E-state index contributed by atoms with van der Waals surface area (Å²) in [5, 5.41) is 0. The van der Waals surface area contributed by atoms with Gasteiger partial charge in [0.25, 0.3) is 5.91 Å². The van der Waals surface area contributed by atoms with Crippen molar-refractivity contribution in [3.8, 4) is 0 Å². The summed E-state index contributed by atoms with van der Waals surface area (Å²) >= 11 is 0. The maximum atomic E-state index is 12.9. The molecule has 0 spiro atoms. The Labute approximate surface area is 184 Å². The molecule has 1 amide bonds. The number of aromatic nitrogens is 1. The maximum absolute atomic E-state index is 12.9. The number of fused-ring (bicyclic) bond motifs is 1. The lowest BCUT2D eigenvalue weighted by molar-refractivity contribution is 0.0336. The van der Waals surface area contributed by atoms with E-state index >= 15 is 0 Å². The molecule has 4 rings (SSSR count). The van der Waals surface area contributed by atoms with Gasteiger partial charge in [-0.1, -0.05) is 30.3 Å². The molecule has 2 atom stereocenters. The van der Waals surface area contributed by atoms with Crippen molar-refractivity contribution >= 4 is 40.6 Å². The van der Waals surface area contributed by atoms with Gasteiger partial charge in [0.1, 0.15) is 0 Å². The molecule has 2 aromatic rings. The van der Waals surface area contributed by atoms with Gasteiger partial charge in [-0.3, -0.25) is 14.7 Å². The molecule has 0 N–H and O–H groups in total. The number of amides is 1. The van der Waals surface area contributed by atoms with Crippen LogP contribution in [0.4, 0.5) is 0 Å². The van der Waals surface area contributed by atoms with Crippen molar-refractivity contribution in [1.29, 1.82) is 0 Å². The summed E-state index contributed by atoms with van der Waals surface area (Å²) in [6.45, 7) is 2.05. The Morgan fingerprint density at radius 2 is 1.62 bits per heavy atom. The quantitative estimate of drug-likeness (QED) is 0.702. The number of pyridine rings is 1. The van der Waals surface area contributed by atoms with Gasteiger partial charge in [0.05, 0.1) is 17.5 Å². The Hall–Kier alpha value is -1.67. The smallest absolute Gasteiger partial charge is 0.254 e. The number of carbonyl (C=O) groups is 1. The van der Waals surface area contributed by atoms with Gasteiger partial charge in [-0.05, 0) is 24.1 Å². The lowest BCUT2D eigenvalue weighted by Gasteiger charge is -2.44. The molecule has 1 aromatic heterocycles. The Morgan fingerprint density at radius 3 is 2.31 bits per heavy atom. The van der Waals surface area contributed by atoms with Crippen LogP contribution >= 0.6 is 24.8 Å². The van der Waals surface area contributed by atoms with Crippen molar-refractivity contribution in [3.05, 3.63) is 66.0 Å². The lowest BCUT2D eigenvalue weighted by Crippen LogP contribution is -2.60. The summed E-state index contributed by atoms with van der Waals surface area (Å²) in [6.07, 6.45) is 4.06. The fraction of sp³-hybridized carbons (Fsp3) is 0.400. The zero-order valence-electron chi connectivity index (χ0n) is 15.9. The predicted molar refractivity (Wildman–Crippen MR) is 118 cm³/mol. The first-order chi connectivity index (χ1) is 13.0. The third kappa shape index (κ3) is 5.28. The molecule has 1 aromatic carbocycles. The van der Waals surface area contributed by atoms with Gasteiger partial charge in [0.15, 0.2) is 9.84 Å². The second kappa shape index (κ2) is 9.89. The van der Waals surface area contributed by atoms with Crippen LogP contribution in [0.5, 0.6) is 0 Å². The molecule has 9 heteroatoms. The molecule has 6 nitrogen and oxygen atoms in total. The SMILES string of the molecule is Cl.Cl.O=C(c1ccncc1)N1CCN(CCc2ccccc2)[C@@H]2CS(=O)(=O)C[C@@H]21. The zero-order valence-corrected chi connectivity index (χ0v) is 18.3. The number of rotatable bonds is 4. The Kier molecular flexibility index (Phi) is 8.05. The molecule has 2 aliphatic rings. The highest BCUT2D eigenvalue weighted by Crippen LogP contribution is 2.28. The molecule has 0 bridgehead atoms. The third-order valence-corrected chi connectivity index (χ3v) is 7.21. The maximum Gasteiger partial charge on any atom is 0.254 e. The van der Waals surface area contributed by atoms with Gasteiger partial charge in [0.2, 0.25) is 0 Å². The van der Waals surface area contributed by atoms with Crippen molar-refractivity contribution in [2.24, 2.45) is 0 Å². The van der Waals surface area contributed by atoms with Gasteiger partial charge in [-0.15, -0.1) is 24.8 Å². The Balaban J connectivity index is 0.00000150. The number of benzene rings is 1. The van der Waals surface area contributed by atoms with Crippen molar-refractivity contribution < 1.29 is 13.2 Å². The van der Waals surface area contributed by atoms with E-state index in [0.29, 0.717) is 18.7 Å². The van der Waals surface area contributed by atoms with Crippen molar-refractivity contribution in [2.45, 2.75) is 18.5 Å². The normalized spacial score (nSPS) is 22.8. The molecule has 29 heavy (non-hydrogen) atoms. The standard InChI is InChI=1S/C20H23N3O3S.2ClH/c24-20(17-6-9-21-10-7-17)23-13-12-22(11-8-16-4-2-1-3-5-16)18-14-27(25,26)15-19(18)23;;/h1-7,9-10,18-19H,8,11-15H2;2*1H/t18-,19+;;/m1../s1. The zero-order chi connectivity index (χ0) is 18.9. The van der Waals surface area contributed by atoms with Crippen LogP contribution in [0.15, 0.2) is 54.9 Å². The van der Waals surface area contributed by atoms with E-state index in [0.717, 1.165) is 13.0 Å². The van der Waals surface area contributed by atoms with Crippen LogP contribution in [0.2, 0.25) is 0 Å². The van der Waals surface area contributed by atoms with E-state index in [-0.39, 0.29) is 54.3 Å². The molecule has 2 fully saturated rings. The van der Waals surface area contributed by atoms with E-state index in [1.807, 2.05) is 18.2 Å². The summed E-state index contributed by atoms with van der Waals surface area (Å²) < 4.78 is 24.7. The van der Waals surface area contributed by atoms with Crippen LogP contribution in [-0.2, 0) is 16.3 Å². The van der Waals surface area contributed by atoms with E-state index < -0.39 is 9.84 Å². The minimum Gasteiger partial charge on any atom is -0.332 e. The van der Waals surface area contributed by atoms with Crippen LogP contribution in [0, 0.1) is 0 Å². The highest BCUT2D eigenvalue weighted by molar-refractivity contribution is 7.91. The van der Waals surface area contributed by atoms with Crippen LogP contribution in [-0.4, -0.2) is 72.3 Å². The number of piperazine rings is 1. The number of hydrogen-bond acceptors (Lipinski definition) is 5. The Morgan fingerprint density at radius 1 is 0.966 bits per heavy atom. The average molecular weight is 458 g/mol. The highest BCUT2D eigenvalue weighted by atomic mass is 35.5. The molecular formula is C20H25Cl2N3O3S. The van der Waals surface area contributed by atoms with E-state index in [9.17, 15) is 13.2 Å².